The highest BCUT2D eigenvalue weighted by Gasteiger charge is 2.42. The number of nitriles is 1. The van der Waals surface area contributed by atoms with Gasteiger partial charge in [-0.05, 0) is 68.0 Å². The molecule has 0 aliphatic heterocycles. The van der Waals surface area contributed by atoms with Crippen LogP contribution in [0.5, 0.6) is 0 Å². The van der Waals surface area contributed by atoms with Crippen molar-refractivity contribution in [1.82, 2.24) is 4.90 Å². The van der Waals surface area contributed by atoms with Gasteiger partial charge >= 0.3 is 0 Å². The summed E-state index contributed by atoms with van der Waals surface area (Å²) in [5.41, 5.74) is 4.41. The standard InChI is InChI=1S/C22H24N2/c1-24(17-12-13-17)15-7-6-14-22(16-23)20-10-4-2-8-18(20)19-9-3-5-11-21(19)22/h2-5,8-11,17H,6-7,12-15H2,1H3. The SMILES string of the molecule is CN(CCCCC1(C#N)c2ccccc2-c2ccccc21)C1CC1. The third-order valence-electron chi connectivity index (χ3n) is 5.74. The molecular formula is C22H24N2. The van der Waals surface area contributed by atoms with E-state index in [4.69, 9.17) is 0 Å². The molecule has 0 amide bonds. The van der Waals surface area contributed by atoms with Gasteiger partial charge in [0.15, 0.2) is 0 Å². The van der Waals surface area contributed by atoms with Gasteiger partial charge in [0.1, 0.15) is 5.41 Å². The zero-order chi connectivity index (χ0) is 16.6. The number of benzene rings is 2. The van der Waals surface area contributed by atoms with Gasteiger partial charge in [-0.3, -0.25) is 0 Å². The molecule has 2 aliphatic rings. The minimum Gasteiger partial charge on any atom is -0.303 e. The summed E-state index contributed by atoms with van der Waals surface area (Å²) >= 11 is 0. The largest absolute Gasteiger partial charge is 0.303 e. The maximum Gasteiger partial charge on any atom is 0.108 e. The average molecular weight is 316 g/mol. The van der Waals surface area contributed by atoms with E-state index in [-0.39, 0.29) is 0 Å². The van der Waals surface area contributed by atoms with E-state index in [2.05, 4.69) is 66.5 Å². The fraction of sp³-hybridized carbons (Fsp3) is 0.409. The van der Waals surface area contributed by atoms with Crippen molar-refractivity contribution < 1.29 is 0 Å². The fourth-order valence-electron chi connectivity index (χ4n) is 4.22. The van der Waals surface area contributed by atoms with E-state index in [1.165, 1.54) is 41.5 Å². The summed E-state index contributed by atoms with van der Waals surface area (Å²) in [6, 6.07) is 20.4. The number of nitrogens with zero attached hydrogens (tertiary/aromatic N) is 2. The highest BCUT2D eigenvalue weighted by atomic mass is 15.1. The van der Waals surface area contributed by atoms with Crippen LogP contribution in [-0.4, -0.2) is 24.5 Å². The van der Waals surface area contributed by atoms with Crippen LogP contribution in [0.25, 0.3) is 11.1 Å². The number of hydrogen-bond acceptors (Lipinski definition) is 2. The predicted molar refractivity (Wildman–Crippen MR) is 97.8 cm³/mol. The van der Waals surface area contributed by atoms with Crippen LogP contribution in [0.3, 0.4) is 0 Å². The van der Waals surface area contributed by atoms with E-state index in [1.54, 1.807) is 0 Å². The van der Waals surface area contributed by atoms with E-state index >= 15 is 0 Å². The predicted octanol–water partition coefficient (Wildman–Crippen LogP) is 4.74. The molecule has 0 atom stereocenters. The van der Waals surface area contributed by atoms with Crippen molar-refractivity contribution >= 4 is 0 Å². The number of fused-ring (bicyclic) bond motifs is 3. The van der Waals surface area contributed by atoms with Gasteiger partial charge < -0.3 is 4.90 Å². The summed E-state index contributed by atoms with van der Waals surface area (Å²) in [7, 11) is 2.23. The van der Waals surface area contributed by atoms with E-state index in [1.807, 2.05) is 0 Å². The molecule has 0 spiro atoms. The lowest BCUT2D eigenvalue weighted by Gasteiger charge is -2.25. The summed E-state index contributed by atoms with van der Waals surface area (Å²) in [6.07, 6.45) is 5.89. The minimum absolute atomic E-state index is 0.467. The monoisotopic (exact) mass is 316 g/mol. The van der Waals surface area contributed by atoms with Crippen molar-refractivity contribution in [2.24, 2.45) is 0 Å². The summed E-state index contributed by atoms with van der Waals surface area (Å²) in [4.78, 5) is 2.48. The zero-order valence-corrected chi connectivity index (χ0v) is 14.3. The lowest BCUT2D eigenvalue weighted by atomic mass is 9.75. The molecule has 1 saturated carbocycles. The van der Waals surface area contributed by atoms with Gasteiger partial charge in [0.25, 0.3) is 0 Å². The third kappa shape index (κ3) is 2.44. The van der Waals surface area contributed by atoms with Crippen LogP contribution in [0.4, 0.5) is 0 Å². The molecule has 0 heterocycles. The van der Waals surface area contributed by atoms with Gasteiger partial charge in [0.2, 0.25) is 0 Å². The molecule has 0 saturated heterocycles. The van der Waals surface area contributed by atoms with Crippen molar-refractivity contribution in [2.75, 3.05) is 13.6 Å². The Hall–Kier alpha value is -2.11. The Morgan fingerprint density at radius 2 is 1.58 bits per heavy atom. The van der Waals surface area contributed by atoms with Crippen LogP contribution in [0.1, 0.15) is 43.2 Å². The topological polar surface area (TPSA) is 27.0 Å². The Bertz CT molecular complexity index is 737. The number of unbranched alkanes of at least 4 members (excludes halogenated alkanes) is 1. The molecule has 4 rings (SSSR count). The number of hydrogen-bond donors (Lipinski definition) is 0. The molecule has 0 N–H and O–H groups in total. The molecule has 1 fully saturated rings. The van der Waals surface area contributed by atoms with E-state index in [0.29, 0.717) is 0 Å². The molecule has 2 aromatic rings. The zero-order valence-electron chi connectivity index (χ0n) is 14.3. The lowest BCUT2D eigenvalue weighted by molar-refractivity contribution is 0.312. The molecule has 2 nitrogen and oxygen atoms in total. The highest BCUT2D eigenvalue weighted by molar-refractivity contribution is 5.82. The lowest BCUT2D eigenvalue weighted by Crippen LogP contribution is -2.25. The molecule has 0 radical (unpaired) electrons. The molecule has 122 valence electrons. The molecule has 2 aliphatic carbocycles. The van der Waals surface area contributed by atoms with Gasteiger partial charge in [-0.15, -0.1) is 0 Å². The first-order chi connectivity index (χ1) is 11.8. The normalized spacial score (nSPS) is 17.4. The van der Waals surface area contributed by atoms with Crippen LogP contribution < -0.4 is 0 Å². The van der Waals surface area contributed by atoms with Gasteiger partial charge in [-0.25, -0.2) is 0 Å². The van der Waals surface area contributed by atoms with Crippen LogP contribution in [0, 0.1) is 11.3 Å². The Balaban J connectivity index is 1.58. The second-order valence-electron chi connectivity index (χ2n) is 7.28. The summed E-state index contributed by atoms with van der Waals surface area (Å²) in [5, 5.41) is 10.2. The molecule has 2 heteroatoms. The van der Waals surface area contributed by atoms with Crippen LogP contribution in [0.15, 0.2) is 48.5 Å². The Labute approximate surface area is 144 Å². The molecule has 0 bridgehead atoms. The maximum absolute atomic E-state index is 10.2. The van der Waals surface area contributed by atoms with Gasteiger partial charge in [0, 0.05) is 6.04 Å². The molecule has 2 aromatic carbocycles. The Morgan fingerprint density at radius 3 is 2.12 bits per heavy atom. The molecule has 24 heavy (non-hydrogen) atoms. The fourth-order valence-corrected chi connectivity index (χ4v) is 4.22. The first kappa shape index (κ1) is 15.4. The van der Waals surface area contributed by atoms with Gasteiger partial charge in [-0.2, -0.15) is 5.26 Å². The minimum atomic E-state index is -0.467. The molecule has 0 aromatic heterocycles. The molecule has 0 unspecified atom stereocenters. The number of rotatable bonds is 6. The maximum atomic E-state index is 10.2. The first-order valence-electron chi connectivity index (χ1n) is 9.07. The van der Waals surface area contributed by atoms with E-state index in [9.17, 15) is 5.26 Å². The van der Waals surface area contributed by atoms with Gasteiger partial charge in [0.05, 0.1) is 6.07 Å². The second kappa shape index (κ2) is 6.07. The quantitative estimate of drug-likeness (QED) is 0.720. The Kier molecular flexibility index (Phi) is 3.90. The van der Waals surface area contributed by atoms with Crippen LogP contribution in [-0.2, 0) is 5.41 Å². The van der Waals surface area contributed by atoms with Crippen molar-refractivity contribution in [1.29, 1.82) is 5.26 Å². The Morgan fingerprint density at radius 1 is 1.00 bits per heavy atom. The van der Waals surface area contributed by atoms with Crippen molar-refractivity contribution in [3.63, 3.8) is 0 Å². The van der Waals surface area contributed by atoms with Crippen molar-refractivity contribution in [3.05, 3.63) is 59.7 Å². The van der Waals surface area contributed by atoms with Crippen LogP contribution in [0.2, 0.25) is 0 Å². The van der Waals surface area contributed by atoms with E-state index < -0.39 is 5.41 Å². The first-order valence-corrected chi connectivity index (χ1v) is 9.07. The summed E-state index contributed by atoms with van der Waals surface area (Å²) < 4.78 is 0. The van der Waals surface area contributed by atoms with Crippen molar-refractivity contribution in [3.8, 4) is 17.2 Å². The molecular weight excluding hydrogens is 292 g/mol. The third-order valence-corrected chi connectivity index (χ3v) is 5.74. The average Bonchev–Trinajstić information content (AvgIpc) is 3.44. The van der Waals surface area contributed by atoms with E-state index in [0.717, 1.165) is 25.4 Å². The van der Waals surface area contributed by atoms with Crippen LogP contribution >= 0.6 is 0 Å². The highest BCUT2D eigenvalue weighted by Crippen LogP contribution is 2.50. The summed E-state index contributed by atoms with van der Waals surface area (Å²) in [6.45, 7) is 1.15. The van der Waals surface area contributed by atoms with Crippen molar-refractivity contribution in [2.45, 2.75) is 43.6 Å². The van der Waals surface area contributed by atoms with Gasteiger partial charge in [-0.1, -0.05) is 48.5 Å². The smallest absolute Gasteiger partial charge is 0.108 e. The second-order valence-corrected chi connectivity index (χ2v) is 7.28. The summed E-state index contributed by atoms with van der Waals surface area (Å²) in [5.74, 6) is 0.